The molecule has 3 rings (SSSR count). The quantitative estimate of drug-likeness (QED) is 0.562. The normalized spacial score (nSPS) is 10.6. The van der Waals surface area contributed by atoms with Crippen LogP contribution in [0.2, 0.25) is 0 Å². The molecule has 2 aromatic carbocycles. The molecule has 0 aliphatic carbocycles. The predicted octanol–water partition coefficient (Wildman–Crippen LogP) is 4.61. The van der Waals surface area contributed by atoms with Crippen LogP contribution in [0.5, 0.6) is 11.6 Å². The van der Waals surface area contributed by atoms with Crippen LogP contribution in [0, 0.1) is 0 Å². The summed E-state index contributed by atoms with van der Waals surface area (Å²) in [4.78, 5) is 8.41. The van der Waals surface area contributed by atoms with Gasteiger partial charge in [-0.25, -0.2) is 9.97 Å². The smallest absolute Gasteiger partial charge is 0.224 e. The van der Waals surface area contributed by atoms with E-state index in [4.69, 9.17) is 9.47 Å². The number of hydrogen-bond donors (Lipinski definition) is 0. The van der Waals surface area contributed by atoms with Crippen LogP contribution in [-0.4, -0.2) is 23.2 Å². The van der Waals surface area contributed by atoms with Crippen LogP contribution in [0.1, 0.15) is 0 Å². The number of aromatic nitrogens is 2. The van der Waals surface area contributed by atoms with Gasteiger partial charge in [0, 0.05) is 8.95 Å². The van der Waals surface area contributed by atoms with E-state index in [9.17, 15) is 0 Å². The Morgan fingerprint density at radius 3 is 2.55 bits per heavy atom. The lowest BCUT2D eigenvalue weighted by Gasteiger charge is -2.09. The number of rotatable bonds is 5. The van der Waals surface area contributed by atoms with Gasteiger partial charge in [0.2, 0.25) is 5.88 Å². The summed E-state index contributed by atoms with van der Waals surface area (Å²) in [6.07, 6.45) is 1.50. The first-order valence-corrected chi connectivity index (χ1v) is 8.22. The van der Waals surface area contributed by atoms with E-state index in [1.807, 2.05) is 42.5 Å². The number of benzene rings is 2. The van der Waals surface area contributed by atoms with Gasteiger partial charge in [0.05, 0.1) is 10.9 Å². The van der Waals surface area contributed by atoms with E-state index in [0.29, 0.717) is 19.1 Å². The molecule has 0 bridgehead atoms. The van der Waals surface area contributed by atoms with Crippen LogP contribution >= 0.6 is 31.9 Å². The molecule has 6 heteroatoms. The molecule has 0 radical (unpaired) electrons. The van der Waals surface area contributed by atoms with Gasteiger partial charge in [-0.05, 0) is 36.4 Å². The Kier molecular flexibility index (Phi) is 4.90. The van der Waals surface area contributed by atoms with E-state index < -0.39 is 0 Å². The summed E-state index contributed by atoms with van der Waals surface area (Å²) >= 11 is 6.85. The van der Waals surface area contributed by atoms with Gasteiger partial charge in [-0.1, -0.05) is 37.9 Å². The van der Waals surface area contributed by atoms with E-state index >= 15 is 0 Å². The van der Waals surface area contributed by atoms with E-state index in [1.54, 1.807) is 0 Å². The molecule has 0 aliphatic heterocycles. The summed E-state index contributed by atoms with van der Waals surface area (Å²) in [5.74, 6) is 1.36. The lowest BCUT2D eigenvalue weighted by atomic mass is 10.2. The fraction of sp³-hybridized carbons (Fsp3) is 0.125. The Hall–Kier alpha value is -1.66. The minimum Gasteiger partial charge on any atom is -0.490 e. The zero-order chi connectivity index (χ0) is 15.4. The summed E-state index contributed by atoms with van der Waals surface area (Å²) in [7, 11) is 0. The second-order valence-electron chi connectivity index (χ2n) is 4.49. The van der Waals surface area contributed by atoms with Crippen molar-refractivity contribution in [1.82, 2.24) is 9.97 Å². The first kappa shape index (κ1) is 15.2. The number of ether oxygens (including phenoxy) is 2. The molecule has 0 saturated heterocycles. The van der Waals surface area contributed by atoms with E-state index in [2.05, 4.69) is 41.8 Å². The highest BCUT2D eigenvalue weighted by molar-refractivity contribution is 9.10. The third-order valence-corrected chi connectivity index (χ3v) is 3.93. The van der Waals surface area contributed by atoms with Crippen molar-refractivity contribution in [3.63, 3.8) is 0 Å². The maximum absolute atomic E-state index is 5.72. The van der Waals surface area contributed by atoms with Crippen LogP contribution < -0.4 is 9.47 Å². The molecular formula is C16H12Br2N2O2. The van der Waals surface area contributed by atoms with Crippen molar-refractivity contribution in [3.05, 3.63) is 57.7 Å². The van der Waals surface area contributed by atoms with Gasteiger partial charge in [-0.3, -0.25) is 0 Å². The maximum atomic E-state index is 5.72. The predicted molar refractivity (Wildman–Crippen MR) is 92.4 cm³/mol. The van der Waals surface area contributed by atoms with Gasteiger partial charge < -0.3 is 9.47 Å². The van der Waals surface area contributed by atoms with Crippen molar-refractivity contribution in [2.75, 3.05) is 13.2 Å². The zero-order valence-corrected chi connectivity index (χ0v) is 14.7. The molecule has 0 N–H and O–H groups in total. The van der Waals surface area contributed by atoms with Gasteiger partial charge in [-0.2, -0.15) is 0 Å². The lowest BCUT2D eigenvalue weighted by molar-refractivity contribution is 0.213. The first-order chi connectivity index (χ1) is 10.7. The van der Waals surface area contributed by atoms with Crippen LogP contribution in [0.15, 0.2) is 57.7 Å². The molecule has 3 aromatic rings. The molecule has 1 aromatic heterocycles. The van der Waals surface area contributed by atoms with Crippen LogP contribution in [0.4, 0.5) is 0 Å². The minimum absolute atomic E-state index is 0.408. The number of fused-ring (bicyclic) bond motifs is 1. The van der Waals surface area contributed by atoms with Crippen LogP contribution in [-0.2, 0) is 0 Å². The standard InChI is InChI=1S/C16H12Br2N2O2/c17-11-2-1-3-13(8-11)21-6-7-22-16-14-9-12(18)4-5-15(14)19-10-20-16/h1-5,8-10H,6-7H2. The Labute approximate surface area is 144 Å². The third kappa shape index (κ3) is 3.75. The van der Waals surface area contributed by atoms with Crippen molar-refractivity contribution >= 4 is 42.8 Å². The summed E-state index contributed by atoms with van der Waals surface area (Å²) < 4.78 is 13.3. The molecule has 0 fully saturated rings. The van der Waals surface area contributed by atoms with Crippen LogP contribution in [0.3, 0.4) is 0 Å². The van der Waals surface area contributed by atoms with Crippen molar-refractivity contribution in [2.24, 2.45) is 0 Å². The molecule has 0 amide bonds. The van der Waals surface area contributed by atoms with Crippen LogP contribution in [0.25, 0.3) is 10.9 Å². The van der Waals surface area contributed by atoms with Crippen molar-refractivity contribution in [1.29, 1.82) is 0 Å². The average Bonchev–Trinajstić information content (AvgIpc) is 2.52. The summed E-state index contributed by atoms with van der Waals surface area (Å²) in [5, 5.41) is 0.874. The fourth-order valence-electron chi connectivity index (χ4n) is 1.97. The zero-order valence-electron chi connectivity index (χ0n) is 11.5. The molecule has 1 heterocycles. The highest BCUT2D eigenvalue weighted by atomic mass is 79.9. The molecular weight excluding hydrogens is 412 g/mol. The molecule has 4 nitrogen and oxygen atoms in total. The van der Waals surface area contributed by atoms with Gasteiger partial charge in [0.15, 0.2) is 0 Å². The third-order valence-electron chi connectivity index (χ3n) is 2.95. The van der Waals surface area contributed by atoms with E-state index in [1.165, 1.54) is 6.33 Å². The second kappa shape index (κ2) is 7.07. The topological polar surface area (TPSA) is 44.2 Å². The summed E-state index contributed by atoms with van der Waals surface area (Å²) in [6, 6.07) is 13.5. The SMILES string of the molecule is Brc1cccc(OCCOc2ncnc3ccc(Br)cc23)c1. The van der Waals surface area contributed by atoms with Gasteiger partial charge in [0.1, 0.15) is 25.3 Å². The summed E-state index contributed by atoms with van der Waals surface area (Å²) in [6.45, 7) is 0.848. The fourth-order valence-corrected chi connectivity index (χ4v) is 2.71. The molecule has 0 unspecified atom stereocenters. The molecule has 0 saturated carbocycles. The molecule has 0 aliphatic rings. The highest BCUT2D eigenvalue weighted by Crippen LogP contribution is 2.25. The van der Waals surface area contributed by atoms with Crippen molar-refractivity contribution < 1.29 is 9.47 Å². The molecule has 22 heavy (non-hydrogen) atoms. The highest BCUT2D eigenvalue weighted by Gasteiger charge is 2.05. The van der Waals surface area contributed by atoms with Gasteiger partial charge in [0.25, 0.3) is 0 Å². The summed E-state index contributed by atoms with van der Waals surface area (Å²) in [5.41, 5.74) is 0.848. The second-order valence-corrected chi connectivity index (χ2v) is 6.33. The Morgan fingerprint density at radius 1 is 0.864 bits per heavy atom. The Bertz CT molecular complexity index is 796. The maximum Gasteiger partial charge on any atom is 0.224 e. The number of nitrogens with zero attached hydrogens (tertiary/aromatic N) is 2. The average molecular weight is 424 g/mol. The minimum atomic E-state index is 0.408. The first-order valence-electron chi connectivity index (χ1n) is 6.64. The Morgan fingerprint density at radius 2 is 1.68 bits per heavy atom. The molecule has 0 spiro atoms. The molecule has 112 valence electrons. The molecule has 0 atom stereocenters. The van der Waals surface area contributed by atoms with Gasteiger partial charge in [-0.15, -0.1) is 0 Å². The monoisotopic (exact) mass is 422 g/mol. The Balaban J connectivity index is 1.63. The van der Waals surface area contributed by atoms with E-state index in [-0.39, 0.29) is 0 Å². The number of halogens is 2. The largest absolute Gasteiger partial charge is 0.490 e. The van der Waals surface area contributed by atoms with Gasteiger partial charge >= 0.3 is 0 Å². The van der Waals surface area contributed by atoms with Crippen molar-refractivity contribution in [3.8, 4) is 11.6 Å². The van der Waals surface area contributed by atoms with E-state index in [0.717, 1.165) is 25.6 Å². The van der Waals surface area contributed by atoms with Crippen molar-refractivity contribution in [2.45, 2.75) is 0 Å². The lowest BCUT2D eigenvalue weighted by Crippen LogP contribution is -2.10. The number of hydrogen-bond acceptors (Lipinski definition) is 4.